The molecule has 0 radical (unpaired) electrons. The molecule has 2 N–H and O–H groups in total. The molecule has 0 aliphatic carbocycles. The standard InChI is InChI=1S/C25H28N4O2S/c1-28(2)20(12-17-8-10-21(30)11-9-17)16-29(3)25-26-19(15-24(31)27-25)14-22-13-18-6-4-5-7-23(18)32-22/h4-11,13,15,20,30H,12,14,16H2,1-3H3,(H,26,27,31). The molecule has 2 heterocycles. The summed E-state index contributed by atoms with van der Waals surface area (Å²) in [6.07, 6.45) is 1.46. The van der Waals surface area contributed by atoms with Crippen molar-refractivity contribution in [1.29, 1.82) is 0 Å². The number of aromatic nitrogens is 2. The van der Waals surface area contributed by atoms with Gasteiger partial charge in [-0.2, -0.15) is 0 Å². The average Bonchev–Trinajstić information content (AvgIpc) is 3.16. The van der Waals surface area contributed by atoms with Crippen molar-refractivity contribution >= 4 is 27.4 Å². The van der Waals surface area contributed by atoms with Crippen LogP contribution in [0, 0.1) is 0 Å². The number of phenolic OH excluding ortho intramolecular Hbond substituents is 1. The summed E-state index contributed by atoms with van der Waals surface area (Å²) in [7, 11) is 6.05. The normalized spacial score (nSPS) is 12.4. The van der Waals surface area contributed by atoms with Crippen LogP contribution in [0.1, 0.15) is 16.1 Å². The maximum Gasteiger partial charge on any atom is 0.252 e. The highest BCUT2D eigenvalue weighted by atomic mass is 32.1. The molecular weight excluding hydrogens is 420 g/mol. The van der Waals surface area contributed by atoms with Gasteiger partial charge in [-0.05, 0) is 55.7 Å². The van der Waals surface area contributed by atoms with Crippen LogP contribution in [0.25, 0.3) is 10.1 Å². The van der Waals surface area contributed by atoms with Crippen molar-refractivity contribution in [3.8, 4) is 5.75 Å². The van der Waals surface area contributed by atoms with Crippen molar-refractivity contribution in [3.05, 3.63) is 87.2 Å². The first-order valence-electron chi connectivity index (χ1n) is 10.6. The fourth-order valence-electron chi connectivity index (χ4n) is 3.78. The molecule has 4 rings (SSSR count). The number of anilines is 1. The number of phenols is 1. The van der Waals surface area contributed by atoms with Crippen molar-refractivity contribution in [1.82, 2.24) is 14.9 Å². The fraction of sp³-hybridized carbons (Fsp3) is 0.280. The molecule has 0 bridgehead atoms. The van der Waals surface area contributed by atoms with Gasteiger partial charge in [0.15, 0.2) is 0 Å². The molecule has 0 fully saturated rings. The molecule has 0 aliphatic heterocycles. The van der Waals surface area contributed by atoms with Crippen LogP contribution in [0.3, 0.4) is 0 Å². The van der Waals surface area contributed by atoms with Crippen LogP contribution in [0.4, 0.5) is 5.95 Å². The Bertz CT molecular complexity index is 1210. The molecular formula is C25H28N4O2S. The molecule has 1 unspecified atom stereocenters. The van der Waals surface area contributed by atoms with E-state index in [0.29, 0.717) is 18.9 Å². The Kier molecular flexibility index (Phi) is 6.58. The van der Waals surface area contributed by atoms with Gasteiger partial charge >= 0.3 is 0 Å². The topological polar surface area (TPSA) is 72.5 Å². The van der Waals surface area contributed by atoms with Gasteiger partial charge in [0.25, 0.3) is 5.56 Å². The lowest BCUT2D eigenvalue weighted by molar-refractivity contribution is 0.294. The third kappa shape index (κ3) is 5.36. The largest absolute Gasteiger partial charge is 0.508 e. The van der Waals surface area contributed by atoms with E-state index in [1.807, 2.05) is 50.3 Å². The predicted molar refractivity (Wildman–Crippen MR) is 132 cm³/mol. The first-order valence-corrected chi connectivity index (χ1v) is 11.4. The zero-order valence-corrected chi connectivity index (χ0v) is 19.4. The van der Waals surface area contributed by atoms with Gasteiger partial charge in [0.05, 0.1) is 5.69 Å². The number of H-pyrrole nitrogens is 1. The van der Waals surface area contributed by atoms with E-state index >= 15 is 0 Å². The highest BCUT2D eigenvalue weighted by Crippen LogP contribution is 2.26. The van der Waals surface area contributed by atoms with E-state index in [0.717, 1.165) is 17.7 Å². The summed E-state index contributed by atoms with van der Waals surface area (Å²) < 4.78 is 1.24. The minimum atomic E-state index is -0.141. The number of likely N-dealkylation sites (N-methyl/N-ethyl adjacent to an activating group) is 2. The van der Waals surface area contributed by atoms with E-state index in [4.69, 9.17) is 4.98 Å². The lowest BCUT2D eigenvalue weighted by Gasteiger charge is -2.29. The van der Waals surface area contributed by atoms with Crippen LogP contribution in [0.2, 0.25) is 0 Å². The van der Waals surface area contributed by atoms with Gasteiger partial charge in [-0.1, -0.05) is 30.3 Å². The maximum absolute atomic E-state index is 12.4. The third-order valence-corrected chi connectivity index (χ3v) is 6.71. The van der Waals surface area contributed by atoms with Crippen LogP contribution in [-0.2, 0) is 12.8 Å². The zero-order valence-electron chi connectivity index (χ0n) is 18.6. The third-order valence-electron chi connectivity index (χ3n) is 5.60. The summed E-state index contributed by atoms with van der Waals surface area (Å²) >= 11 is 1.74. The molecule has 4 aromatic rings. The van der Waals surface area contributed by atoms with Crippen LogP contribution in [-0.4, -0.2) is 53.7 Å². The number of aromatic amines is 1. The Labute approximate surface area is 191 Å². The number of hydrogen-bond donors (Lipinski definition) is 2. The van der Waals surface area contributed by atoms with Crippen LogP contribution >= 0.6 is 11.3 Å². The molecule has 0 amide bonds. The second kappa shape index (κ2) is 9.54. The van der Waals surface area contributed by atoms with Crippen LogP contribution in [0.5, 0.6) is 5.75 Å². The number of fused-ring (bicyclic) bond motifs is 1. The molecule has 166 valence electrons. The Hall–Kier alpha value is -3.16. The molecule has 7 heteroatoms. The molecule has 0 saturated heterocycles. The highest BCUT2D eigenvalue weighted by Gasteiger charge is 2.17. The minimum absolute atomic E-state index is 0.141. The monoisotopic (exact) mass is 448 g/mol. The number of aromatic hydroxyl groups is 1. The maximum atomic E-state index is 12.4. The summed E-state index contributed by atoms with van der Waals surface area (Å²) in [6, 6.07) is 19.6. The second-order valence-corrected chi connectivity index (χ2v) is 9.52. The van der Waals surface area contributed by atoms with Gasteiger partial charge in [0, 0.05) is 41.7 Å². The average molecular weight is 449 g/mol. The lowest BCUT2D eigenvalue weighted by Crippen LogP contribution is -2.41. The van der Waals surface area contributed by atoms with E-state index < -0.39 is 0 Å². The van der Waals surface area contributed by atoms with Crippen LogP contribution < -0.4 is 10.5 Å². The Morgan fingerprint density at radius 1 is 1.06 bits per heavy atom. The second-order valence-electron chi connectivity index (χ2n) is 8.36. The minimum Gasteiger partial charge on any atom is -0.508 e. The number of benzene rings is 2. The summed E-state index contributed by atoms with van der Waals surface area (Å²) in [5, 5.41) is 10.8. The molecule has 2 aromatic heterocycles. The van der Waals surface area contributed by atoms with Gasteiger partial charge in [0.1, 0.15) is 5.75 Å². The predicted octanol–water partition coefficient (Wildman–Crippen LogP) is 3.89. The molecule has 0 spiro atoms. The van der Waals surface area contributed by atoms with Crippen molar-refractivity contribution in [3.63, 3.8) is 0 Å². The Morgan fingerprint density at radius 3 is 2.53 bits per heavy atom. The quantitative estimate of drug-likeness (QED) is 0.428. The number of nitrogens with one attached hydrogen (secondary N) is 1. The smallest absolute Gasteiger partial charge is 0.252 e. The fourth-order valence-corrected chi connectivity index (χ4v) is 4.86. The van der Waals surface area contributed by atoms with Crippen molar-refractivity contribution in [2.24, 2.45) is 0 Å². The van der Waals surface area contributed by atoms with Gasteiger partial charge in [0.2, 0.25) is 5.95 Å². The molecule has 1 atom stereocenters. The first-order chi connectivity index (χ1) is 15.4. The number of hydrogen-bond acceptors (Lipinski definition) is 6. The SMILES string of the molecule is CN(CC(Cc1ccc(O)cc1)N(C)C)c1nc(Cc2cc3ccccc3s2)cc(=O)[nH]1. The van der Waals surface area contributed by atoms with E-state index in [-0.39, 0.29) is 17.4 Å². The number of thiophene rings is 1. The summed E-state index contributed by atoms with van der Waals surface area (Å²) in [4.78, 5) is 25.4. The van der Waals surface area contributed by atoms with Crippen molar-refractivity contribution in [2.75, 3.05) is 32.6 Å². The summed E-state index contributed by atoms with van der Waals surface area (Å²) in [6.45, 7) is 0.698. The summed E-state index contributed by atoms with van der Waals surface area (Å²) in [5.74, 6) is 0.843. The molecule has 32 heavy (non-hydrogen) atoms. The van der Waals surface area contributed by atoms with E-state index in [1.54, 1.807) is 29.5 Å². The Balaban J connectivity index is 1.50. The number of rotatable bonds is 8. The lowest BCUT2D eigenvalue weighted by atomic mass is 10.0. The van der Waals surface area contributed by atoms with Crippen LogP contribution in [0.15, 0.2) is 65.5 Å². The summed E-state index contributed by atoms with van der Waals surface area (Å²) in [5.41, 5.74) is 1.77. The molecule has 0 saturated carbocycles. The van der Waals surface area contributed by atoms with Gasteiger partial charge in [-0.15, -0.1) is 11.3 Å². The van der Waals surface area contributed by atoms with E-state index in [2.05, 4.69) is 28.1 Å². The highest BCUT2D eigenvalue weighted by molar-refractivity contribution is 7.19. The first kappa shape index (κ1) is 22.0. The van der Waals surface area contributed by atoms with Gasteiger partial charge in [-0.25, -0.2) is 4.98 Å². The molecule has 6 nitrogen and oxygen atoms in total. The van der Waals surface area contributed by atoms with E-state index in [1.165, 1.54) is 15.0 Å². The number of nitrogens with zero attached hydrogens (tertiary/aromatic N) is 3. The zero-order chi connectivity index (χ0) is 22.7. The van der Waals surface area contributed by atoms with Gasteiger partial charge < -0.3 is 14.9 Å². The molecule has 0 aliphatic rings. The van der Waals surface area contributed by atoms with Gasteiger partial charge in [-0.3, -0.25) is 9.78 Å². The Morgan fingerprint density at radius 2 is 1.81 bits per heavy atom. The molecule has 2 aromatic carbocycles. The van der Waals surface area contributed by atoms with Crippen molar-refractivity contribution < 1.29 is 5.11 Å². The van der Waals surface area contributed by atoms with E-state index in [9.17, 15) is 9.90 Å². The van der Waals surface area contributed by atoms with Crippen molar-refractivity contribution in [2.45, 2.75) is 18.9 Å².